The molecular weight excluding hydrogens is 258 g/mol. The van der Waals surface area contributed by atoms with Crippen LogP contribution in [0.25, 0.3) is 10.8 Å². The Labute approximate surface area is 125 Å². The second-order valence-electron chi connectivity index (χ2n) is 5.16. The molecule has 2 nitrogen and oxygen atoms in total. The lowest BCUT2D eigenvalue weighted by Gasteiger charge is -2.12. The smallest absolute Gasteiger partial charge is 0.135 e. The van der Waals surface area contributed by atoms with E-state index in [-0.39, 0.29) is 6.04 Å². The Balaban J connectivity index is 1.88. The van der Waals surface area contributed by atoms with Gasteiger partial charge in [-0.15, -0.1) is 0 Å². The maximum atomic E-state index is 6.03. The molecule has 0 aliphatic carbocycles. The average molecular weight is 277 g/mol. The third-order valence-electron chi connectivity index (χ3n) is 3.73. The summed E-state index contributed by atoms with van der Waals surface area (Å²) in [5, 5.41) is 2.30. The highest BCUT2D eigenvalue weighted by Crippen LogP contribution is 2.30. The van der Waals surface area contributed by atoms with Crippen LogP contribution in [0.15, 0.2) is 66.7 Å². The van der Waals surface area contributed by atoms with Crippen molar-refractivity contribution in [2.75, 3.05) is 0 Å². The zero-order valence-electron chi connectivity index (χ0n) is 12.1. The number of ether oxygens (including phenoxy) is 1. The zero-order valence-corrected chi connectivity index (χ0v) is 12.1. The fourth-order valence-electron chi connectivity index (χ4n) is 2.43. The normalized spacial score (nSPS) is 12.3. The molecule has 0 spiro atoms. The predicted molar refractivity (Wildman–Crippen MR) is 87.7 cm³/mol. The summed E-state index contributed by atoms with van der Waals surface area (Å²) in [7, 11) is 0. The van der Waals surface area contributed by atoms with Crippen LogP contribution >= 0.6 is 0 Å². The van der Waals surface area contributed by atoms with Crippen molar-refractivity contribution >= 4 is 10.8 Å². The fraction of sp³-hybridized carbons (Fsp3) is 0.158. The van der Waals surface area contributed by atoms with E-state index in [1.807, 2.05) is 48.5 Å². The van der Waals surface area contributed by atoms with Gasteiger partial charge in [0, 0.05) is 11.4 Å². The fourth-order valence-corrected chi connectivity index (χ4v) is 2.43. The van der Waals surface area contributed by atoms with Crippen LogP contribution in [0.4, 0.5) is 0 Å². The van der Waals surface area contributed by atoms with E-state index in [9.17, 15) is 0 Å². The van der Waals surface area contributed by atoms with E-state index in [0.717, 1.165) is 28.9 Å². The molecule has 0 bridgehead atoms. The van der Waals surface area contributed by atoms with E-state index in [4.69, 9.17) is 10.5 Å². The first-order chi connectivity index (χ1) is 10.3. The molecule has 0 amide bonds. The summed E-state index contributed by atoms with van der Waals surface area (Å²) in [6.07, 6.45) is 0.934. The average Bonchev–Trinajstić information content (AvgIpc) is 2.55. The van der Waals surface area contributed by atoms with E-state index in [0.29, 0.717) is 0 Å². The minimum atomic E-state index is 0.0941. The van der Waals surface area contributed by atoms with Crippen LogP contribution in [0.3, 0.4) is 0 Å². The van der Waals surface area contributed by atoms with Crippen LogP contribution in [0.1, 0.15) is 24.9 Å². The third kappa shape index (κ3) is 2.91. The molecule has 3 aromatic carbocycles. The Morgan fingerprint density at radius 1 is 0.905 bits per heavy atom. The van der Waals surface area contributed by atoms with Gasteiger partial charge in [0.15, 0.2) is 0 Å². The summed E-state index contributed by atoms with van der Waals surface area (Å²) in [4.78, 5) is 0. The van der Waals surface area contributed by atoms with Gasteiger partial charge < -0.3 is 10.5 Å². The van der Waals surface area contributed by atoms with E-state index in [2.05, 4.69) is 25.1 Å². The lowest BCUT2D eigenvalue weighted by atomic mass is 10.1. The number of nitrogens with two attached hydrogens (primary N) is 1. The first kappa shape index (κ1) is 13.7. The van der Waals surface area contributed by atoms with Gasteiger partial charge in [0.05, 0.1) is 0 Å². The van der Waals surface area contributed by atoms with Crippen molar-refractivity contribution < 1.29 is 4.74 Å². The third-order valence-corrected chi connectivity index (χ3v) is 3.73. The van der Waals surface area contributed by atoms with Gasteiger partial charge in [-0.2, -0.15) is 0 Å². The molecule has 0 fully saturated rings. The highest BCUT2D eigenvalue weighted by Gasteiger charge is 2.05. The van der Waals surface area contributed by atoms with Crippen LogP contribution in [-0.4, -0.2) is 0 Å². The van der Waals surface area contributed by atoms with E-state index in [1.54, 1.807) is 0 Å². The van der Waals surface area contributed by atoms with Crippen molar-refractivity contribution in [1.29, 1.82) is 0 Å². The molecule has 1 atom stereocenters. The maximum absolute atomic E-state index is 6.03. The molecule has 3 aromatic rings. The largest absolute Gasteiger partial charge is 0.457 e. The summed E-state index contributed by atoms with van der Waals surface area (Å²) in [5.41, 5.74) is 7.17. The first-order valence-electron chi connectivity index (χ1n) is 7.29. The van der Waals surface area contributed by atoms with Gasteiger partial charge in [0.1, 0.15) is 11.5 Å². The van der Waals surface area contributed by atoms with Crippen molar-refractivity contribution in [2.45, 2.75) is 19.4 Å². The Bertz CT molecular complexity index is 729. The number of fused-ring (bicyclic) bond motifs is 1. The Kier molecular flexibility index (Phi) is 3.89. The van der Waals surface area contributed by atoms with Gasteiger partial charge in [0.2, 0.25) is 0 Å². The molecule has 0 aliphatic rings. The molecule has 0 unspecified atom stereocenters. The van der Waals surface area contributed by atoms with Crippen molar-refractivity contribution in [2.24, 2.45) is 5.73 Å². The Morgan fingerprint density at radius 3 is 2.38 bits per heavy atom. The highest BCUT2D eigenvalue weighted by molar-refractivity contribution is 5.88. The van der Waals surface area contributed by atoms with Crippen LogP contribution < -0.4 is 10.5 Å². The summed E-state index contributed by atoms with van der Waals surface area (Å²) in [6, 6.07) is 22.4. The first-order valence-corrected chi connectivity index (χ1v) is 7.29. The lowest BCUT2D eigenvalue weighted by Crippen LogP contribution is -2.07. The summed E-state index contributed by atoms with van der Waals surface area (Å²) >= 11 is 0. The maximum Gasteiger partial charge on any atom is 0.135 e. The molecule has 0 radical (unpaired) electrons. The Morgan fingerprint density at radius 2 is 1.62 bits per heavy atom. The minimum Gasteiger partial charge on any atom is -0.457 e. The molecule has 0 saturated carbocycles. The van der Waals surface area contributed by atoms with Gasteiger partial charge in [-0.3, -0.25) is 0 Å². The van der Waals surface area contributed by atoms with Crippen LogP contribution in [0.5, 0.6) is 11.5 Å². The molecular formula is C19H19NO. The highest BCUT2D eigenvalue weighted by atomic mass is 16.5. The molecule has 0 saturated heterocycles. The minimum absolute atomic E-state index is 0.0941. The van der Waals surface area contributed by atoms with Gasteiger partial charge in [0.25, 0.3) is 0 Å². The number of hydrogen-bond acceptors (Lipinski definition) is 2. The van der Waals surface area contributed by atoms with Gasteiger partial charge >= 0.3 is 0 Å². The molecule has 0 heterocycles. The predicted octanol–water partition coefficient (Wildman–Crippen LogP) is 5.04. The molecule has 0 aliphatic heterocycles. The monoisotopic (exact) mass is 277 g/mol. The molecule has 2 N–H and O–H groups in total. The SMILES string of the molecule is CC[C@@H](N)c1ccc(Oc2cccc3ccccc23)cc1. The summed E-state index contributed by atoms with van der Waals surface area (Å²) in [5.74, 6) is 1.71. The van der Waals surface area contributed by atoms with E-state index >= 15 is 0 Å². The molecule has 106 valence electrons. The summed E-state index contributed by atoms with van der Waals surface area (Å²) < 4.78 is 6.02. The van der Waals surface area contributed by atoms with Gasteiger partial charge in [-0.25, -0.2) is 0 Å². The van der Waals surface area contributed by atoms with Crippen LogP contribution in [0.2, 0.25) is 0 Å². The standard InChI is InChI=1S/C19H19NO/c1-2-18(20)15-10-12-16(13-11-15)21-19-9-5-7-14-6-3-4-8-17(14)19/h3-13,18H,2,20H2,1H3/t18-/m1/s1. The van der Waals surface area contributed by atoms with Crippen molar-refractivity contribution in [3.8, 4) is 11.5 Å². The Hall–Kier alpha value is -2.32. The molecule has 3 rings (SSSR count). The van der Waals surface area contributed by atoms with Crippen LogP contribution in [-0.2, 0) is 0 Å². The number of rotatable bonds is 4. The molecule has 2 heteroatoms. The molecule has 0 aromatic heterocycles. The van der Waals surface area contributed by atoms with Crippen LogP contribution in [0, 0.1) is 0 Å². The molecule has 21 heavy (non-hydrogen) atoms. The van der Waals surface area contributed by atoms with Crippen molar-refractivity contribution in [3.05, 3.63) is 72.3 Å². The summed E-state index contributed by atoms with van der Waals surface area (Å²) in [6.45, 7) is 2.09. The lowest BCUT2D eigenvalue weighted by molar-refractivity contribution is 0.488. The zero-order chi connectivity index (χ0) is 14.7. The quantitative estimate of drug-likeness (QED) is 0.725. The number of benzene rings is 3. The second kappa shape index (κ2) is 5.98. The van der Waals surface area contributed by atoms with Crippen molar-refractivity contribution in [3.63, 3.8) is 0 Å². The van der Waals surface area contributed by atoms with E-state index in [1.165, 1.54) is 5.39 Å². The van der Waals surface area contributed by atoms with Crippen molar-refractivity contribution in [1.82, 2.24) is 0 Å². The number of hydrogen-bond donors (Lipinski definition) is 1. The van der Waals surface area contributed by atoms with E-state index < -0.39 is 0 Å². The second-order valence-corrected chi connectivity index (χ2v) is 5.16. The van der Waals surface area contributed by atoms with Gasteiger partial charge in [-0.1, -0.05) is 55.5 Å². The van der Waals surface area contributed by atoms with Gasteiger partial charge in [-0.05, 0) is 35.6 Å². The topological polar surface area (TPSA) is 35.2 Å².